The Kier molecular flexibility index (Phi) is 14.0. The van der Waals surface area contributed by atoms with Gasteiger partial charge < -0.3 is 11.5 Å². The highest BCUT2D eigenvalue weighted by Crippen LogP contribution is 1.70. The zero-order chi connectivity index (χ0) is 8.41. The lowest BCUT2D eigenvalue weighted by atomic mass is 10.5. The topological polar surface area (TPSA) is 64.4 Å². The van der Waals surface area contributed by atoms with Crippen LogP contribution in [0.15, 0.2) is 4.99 Å². The van der Waals surface area contributed by atoms with Gasteiger partial charge in [0.2, 0.25) is 0 Å². The summed E-state index contributed by atoms with van der Waals surface area (Å²) in [4.78, 5) is 4.04. The van der Waals surface area contributed by atoms with E-state index in [0.29, 0.717) is 13.1 Å². The Balaban J connectivity index is 0. The number of nitrogens with two attached hydrogens (primary N) is 2. The number of aliphatic imine (C=N–C) groups is 1. The minimum Gasteiger partial charge on any atom is -0.329 e. The van der Waals surface area contributed by atoms with Gasteiger partial charge >= 0.3 is 0 Å². The van der Waals surface area contributed by atoms with Gasteiger partial charge in [0.15, 0.2) is 0 Å². The van der Waals surface area contributed by atoms with E-state index < -0.39 is 0 Å². The second-order valence-electron chi connectivity index (χ2n) is 2.00. The molecule has 3 heteroatoms. The molecular weight excluding hydrogens is 126 g/mol. The van der Waals surface area contributed by atoms with E-state index in [2.05, 4.69) is 4.99 Å². The first kappa shape index (κ1) is 12.3. The molecule has 0 bridgehead atoms. The molecule has 0 aliphatic rings. The highest BCUT2D eigenvalue weighted by Gasteiger charge is 1.68. The first-order chi connectivity index (χ1) is 4.68. The Hall–Kier alpha value is -0.410. The fraction of sp³-hybridized carbons (Fsp3) is 0.857. The summed E-state index contributed by atoms with van der Waals surface area (Å²) >= 11 is 0. The number of hydrogen-bond donors (Lipinski definition) is 2. The van der Waals surface area contributed by atoms with Crippen molar-refractivity contribution in [3.8, 4) is 0 Å². The molecule has 0 aliphatic heterocycles. The second kappa shape index (κ2) is 11.4. The number of hydrogen-bond acceptors (Lipinski definition) is 3. The Morgan fingerprint density at radius 1 is 1.20 bits per heavy atom. The maximum Gasteiger partial charge on any atom is 0.0360 e. The van der Waals surface area contributed by atoms with Gasteiger partial charge in [-0.2, -0.15) is 0 Å². The molecule has 10 heavy (non-hydrogen) atoms. The second-order valence-corrected chi connectivity index (χ2v) is 2.00. The summed E-state index contributed by atoms with van der Waals surface area (Å²) in [5, 5.41) is 0. The first-order valence-corrected chi connectivity index (χ1v) is 3.56. The highest BCUT2D eigenvalue weighted by molar-refractivity contribution is 5.78. The van der Waals surface area contributed by atoms with Crippen LogP contribution in [0.25, 0.3) is 0 Å². The summed E-state index contributed by atoms with van der Waals surface area (Å²) in [6.07, 6.45) is 0. The summed E-state index contributed by atoms with van der Waals surface area (Å²) in [7, 11) is 0. The molecule has 0 aromatic rings. The van der Waals surface area contributed by atoms with Crippen molar-refractivity contribution in [1.29, 1.82) is 0 Å². The van der Waals surface area contributed by atoms with E-state index in [1.165, 1.54) is 0 Å². The van der Waals surface area contributed by atoms with Gasteiger partial charge in [0.25, 0.3) is 0 Å². The van der Waals surface area contributed by atoms with Crippen molar-refractivity contribution in [3.05, 3.63) is 0 Å². The van der Waals surface area contributed by atoms with Gasteiger partial charge in [0.1, 0.15) is 0 Å². The van der Waals surface area contributed by atoms with E-state index in [-0.39, 0.29) is 0 Å². The summed E-state index contributed by atoms with van der Waals surface area (Å²) in [5.41, 5.74) is 11.0. The average molecular weight is 145 g/mol. The Bertz CT molecular complexity index is 72.9. The minimum absolute atomic E-state index is 0.597. The van der Waals surface area contributed by atoms with E-state index in [0.717, 1.165) is 12.3 Å². The smallest absolute Gasteiger partial charge is 0.0360 e. The molecule has 0 saturated carbocycles. The third-order valence-corrected chi connectivity index (χ3v) is 0.641. The van der Waals surface area contributed by atoms with Gasteiger partial charge in [-0.25, -0.2) is 0 Å². The molecule has 0 unspecified atom stereocenters. The van der Waals surface area contributed by atoms with E-state index in [1.54, 1.807) is 0 Å². The van der Waals surface area contributed by atoms with Gasteiger partial charge in [-0.05, 0) is 20.8 Å². The van der Waals surface area contributed by atoms with Crippen molar-refractivity contribution in [2.45, 2.75) is 20.8 Å². The largest absolute Gasteiger partial charge is 0.329 e. The lowest BCUT2D eigenvalue weighted by Crippen LogP contribution is -2.11. The molecule has 0 aliphatic carbocycles. The van der Waals surface area contributed by atoms with Crippen molar-refractivity contribution in [2.24, 2.45) is 16.5 Å². The third-order valence-electron chi connectivity index (χ3n) is 0.641. The van der Waals surface area contributed by atoms with Crippen LogP contribution in [0.5, 0.6) is 0 Å². The van der Waals surface area contributed by atoms with Crippen LogP contribution in [-0.4, -0.2) is 25.3 Å². The number of nitrogens with zero attached hydrogens (tertiary/aromatic N) is 1. The minimum atomic E-state index is 0.597. The molecule has 3 nitrogen and oxygen atoms in total. The molecule has 4 N–H and O–H groups in total. The molecule has 0 spiro atoms. The lowest BCUT2D eigenvalue weighted by Gasteiger charge is -1.81. The SMILES string of the molecule is CCN=C(C)C.NCCN. The van der Waals surface area contributed by atoms with Gasteiger partial charge in [-0.3, -0.25) is 4.99 Å². The molecule has 0 aromatic heterocycles. The fourth-order valence-corrected chi connectivity index (χ4v) is 0.316. The molecule has 0 saturated heterocycles. The lowest BCUT2D eigenvalue weighted by molar-refractivity contribution is 0.976. The molecule has 0 fully saturated rings. The van der Waals surface area contributed by atoms with Crippen LogP contribution in [0, 0.1) is 0 Å². The zero-order valence-electron chi connectivity index (χ0n) is 7.22. The predicted molar refractivity (Wildman–Crippen MR) is 47.4 cm³/mol. The van der Waals surface area contributed by atoms with Crippen LogP contribution < -0.4 is 11.5 Å². The van der Waals surface area contributed by atoms with E-state index >= 15 is 0 Å². The Morgan fingerprint density at radius 3 is 1.60 bits per heavy atom. The van der Waals surface area contributed by atoms with Crippen molar-refractivity contribution >= 4 is 5.71 Å². The third kappa shape index (κ3) is 25.6. The van der Waals surface area contributed by atoms with Gasteiger partial charge in [-0.1, -0.05) is 0 Å². The number of rotatable bonds is 2. The Labute approximate surface area is 63.5 Å². The van der Waals surface area contributed by atoms with Crippen molar-refractivity contribution < 1.29 is 0 Å². The highest BCUT2D eigenvalue weighted by atomic mass is 14.7. The summed E-state index contributed by atoms with van der Waals surface area (Å²) < 4.78 is 0. The zero-order valence-corrected chi connectivity index (χ0v) is 7.22. The van der Waals surface area contributed by atoms with Gasteiger partial charge in [-0.15, -0.1) is 0 Å². The van der Waals surface area contributed by atoms with Crippen molar-refractivity contribution in [2.75, 3.05) is 19.6 Å². The molecule has 0 amide bonds. The molecule has 0 heterocycles. The molecular formula is C7H19N3. The van der Waals surface area contributed by atoms with E-state index in [1.807, 2.05) is 20.8 Å². The van der Waals surface area contributed by atoms with Gasteiger partial charge in [0.05, 0.1) is 0 Å². The molecule has 62 valence electrons. The molecule has 0 radical (unpaired) electrons. The van der Waals surface area contributed by atoms with Crippen LogP contribution in [0.2, 0.25) is 0 Å². The molecule has 0 rings (SSSR count). The van der Waals surface area contributed by atoms with E-state index in [4.69, 9.17) is 11.5 Å². The van der Waals surface area contributed by atoms with Crippen LogP contribution in [-0.2, 0) is 0 Å². The van der Waals surface area contributed by atoms with Crippen LogP contribution in [0.1, 0.15) is 20.8 Å². The predicted octanol–water partition coefficient (Wildman–Crippen LogP) is 0.391. The van der Waals surface area contributed by atoms with Gasteiger partial charge in [0, 0.05) is 25.3 Å². The molecule has 0 atom stereocenters. The summed E-state index contributed by atoms with van der Waals surface area (Å²) in [6, 6.07) is 0. The van der Waals surface area contributed by atoms with E-state index in [9.17, 15) is 0 Å². The van der Waals surface area contributed by atoms with Crippen molar-refractivity contribution in [3.63, 3.8) is 0 Å². The van der Waals surface area contributed by atoms with Crippen LogP contribution in [0.4, 0.5) is 0 Å². The fourth-order valence-electron chi connectivity index (χ4n) is 0.316. The average Bonchev–Trinajstić information content (AvgIpc) is 1.89. The maximum atomic E-state index is 4.90. The summed E-state index contributed by atoms with van der Waals surface area (Å²) in [6.45, 7) is 8.16. The normalized spacial score (nSPS) is 7.70. The van der Waals surface area contributed by atoms with Crippen molar-refractivity contribution in [1.82, 2.24) is 0 Å². The Morgan fingerprint density at radius 2 is 1.60 bits per heavy atom. The van der Waals surface area contributed by atoms with Crippen LogP contribution >= 0.6 is 0 Å². The monoisotopic (exact) mass is 145 g/mol. The molecule has 0 aromatic carbocycles. The quantitative estimate of drug-likeness (QED) is 0.552. The standard InChI is InChI=1S/C5H11N.C2H8N2/c1-4-6-5(2)3;3-1-2-4/h4H2,1-3H3;1-4H2. The first-order valence-electron chi connectivity index (χ1n) is 3.56. The summed E-state index contributed by atoms with van der Waals surface area (Å²) in [5.74, 6) is 0. The maximum absolute atomic E-state index is 4.90. The van der Waals surface area contributed by atoms with Crippen LogP contribution in [0.3, 0.4) is 0 Å².